The van der Waals surface area contributed by atoms with Crippen molar-refractivity contribution in [3.63, 3.8) is 0 Å². The van der Waals surface area contributed by atoms with Crippen LogP contribution in [0.15, 0.2) is 70.2 Å². The van der Waals surface area contributed by atoms with Crippen molar-refractivity contribution in [3.8, 4) is 17.1 Å². The van der Waals surface area contributed by atoms with Crippen molar-refractivity contribution in [3.05, 3.63) is 76.5 Å². The van der Waals surface area contributed by atoms with Crippen LogP contribution < -0.4 is 10.2 Å². The standard InChI is InChI=1S/C19H14Cl2N2O3/c20-14-6-4-13(5-7-14)18-9-8-17(26-18)11-22-23-19(24)12-25-16-3-1-2-15(21)10-16/h1-11H,12H2,(H,23,24). The highest BCUT2D eigenvalue weighted by Gasteiger charge is 2.04. The average molecular weight is 389 g/mol. The summed E-state index contributed by atoms with van der Waals surface area (Å²) in [6.07, 6.45) is 1.41. The van der Waals surface area contributed by atoms with Crippen LogP contribution in [0, 0.1) is 0 Å². The molecule has 0 unspecified atom stereocenters. The van der Waals surface area contributed by atoms with E-state index in [0.717, 1.165) is 5.56 Å². The zero-order chi connectivity index (χ0) is 18.4. The maximum atomic E-state index is 11.7. The maximum absolute atomic E-state index is 11.7. The molecule has 0 aliphatic heterocycles. The molecular weight excluding hydrogens is 375 g/mol. The summed E-state index contributed by atoms with van der Waals surface area (Å²) in [4.78, 5) is 11.7. The van der Waals surface area contributed by atoms with E-state index in [-0.39, 0.29) is 6.61 Å². The van der Waals surface area contributed by atoms with Crippen LogP contribution in [0.5, 0.6) is 5.75 Å². The van der Waals surface area contributed by atoms with Crippen molar-refractivity contribution < 1.29 is 13.9 Å². The van der Waals surface area contributed by atoms with E-state index in [2.05, 4.69) is 10.5 Å². The number of nitrogens with zero attached hydrogens (tertiary/aromatic N) is 1. The van der Waals surface area contributed by atoms with Crippen LogP contribution in [-0.4, -0.2) is 18.7 Å². The fourth-order valence-electron chi connectivity index (χ4n) is 2.10. The second-order valence-electron chi connectivity index (χ2n) is 5.25. The normalized spacial score (nSPS) is 10.8. The molecule has 26 heavy (non-hydrogen) atoms. The number of benzene rings is 2. The molecule has 1 amide bonds. The van der Waals surface area contributed by atoms with E-state index in [0.29, 0.717) is 27.3 Å². The predicted molar refractivity (Wildman–Crippen MR) is 102 cm³/mol. The molecule has 1 aromatic heterocycles. The third-order valence-electron chi connectivity index (χ3n) is 3.30. The van der Waals surface area contributed by atoms with Crippen molar-refractivity contribution in [2.45, 2.75) is 0 Å². The van der Waals surface area contributed by atoms with E-state index < -0.39 is 5.91 Å². The van der Waals surface area contributed by atoms with Gasteiger partial charge in [-0.3, -0.25) is 4.79 Å². The van der Waals surface area contributed by atoms with Crippen molar-refractivity contribution in [2.75, 3.05) is 6.61 Å². The molecule has 3 rings (SSSR count). The molecule has 2 aromatic carbocycles. The lowest BCUT2D eigenvalue weighted by Crippen LogP contribution is -2.24. The van der Waals surface area contributed by atoms with Gasteiger partial charge in [0.05, 0.1) is 6.21 Å². The fourth-order valence-corrected chi connectivity index (χ4v) is 2.40. The van der Waals surface area contributed by atoms with Crippen LogP contribution in [0.2, 0.25) is 10.0 Å². The second kappa shape index (κ2) is 8.56. The molecule has 0 saturated heterocycles. The summed E-state index contributed by atoms with van der Waals surface area (Å²) < 4.78 is 11.0. The van der Waals surface area contributed by atoms with Crippen LogP contribution in [0.4, 0.5) is 0 Å². The van der Waals surface area contributed by atoms with Gasteiger partial charge in [0.1, 0.15) is 17.3 Å². The Morgan fingerprint density at radius 3 is 2.65 bits per heavy atom. The van der Waals surface area contributed by atoms with Gasteiger partial charge in [0.25, 0.3) is 5.91 Å². The van der Waals surface area contributed by atoms with Gasteiger partial charge in [-0.15, -0.1) is 0 Å². The number of ether oxygens (including phenoxy) is 1. The third kappa shape index (κ3) is 5.12. The van der Waals surface area contributed by atoms with E-state index in [1.54, 1.807) is 42.5 Å². The quantitative estimate of drug-likeness (QED) is 0.487. The summed E-state index contributed by atoms with van der Waals surface area (Å²) in [7, 11) is 0. The van der Waals surface area contributed by atoms with Gasteiger partial charge in [-0.1, -0.05) is 29.3 Å². The first-order valence-corrected chi connectivity index (χ1v) is 8.42. The van der Waals surface area contributed by atoms with Crippen molar-refractivity contribution in [1.82, 2.24) is 5.43 Å². The van der Waals surface area contributed by atoms with E-state index in [1.807, 2.05) is 18.2 Å². The Hall–Kier alpha value is -2.76. The van der Waals surface area contributed by atoms with E-state index >= 15 is 0 Å². The van der Waals surface area contributed by atoms with Crippen LogP contribution in [-0.2, 0) is 4.79 Å². The number of hydrazone groups is 1. The van der Waals surface area contributed by atoms with Gasteiger partial charge >= 0.3 is 0 Å². The molecule has 1 N–H and O–H groups in total. The topological polar surface area (TPSA) is 63.8 Å². The molecule has 132 valence electrons. The highest BCUT2D eigenvalue weighted by Crippen LogP contribution is 2.23. The molecule has 5 nitrogen and oxygen atoms in total. The van der Waals surface area contributed by atoms with Crippen LogP contribution in [0.1, 0.15) is 5.76 Å². The van der Waals surface area contributed by atoms with Gasteiger partial charge in [0.15, 0.2) is 6.61 Å². The third-order valence-corrected chi connectivity index (χ3v) is 3.79. The first kappa shape index (κ1) is 18.0. The van der Waals surface area contributed by atoms with Gasteiger partial charge < -0.3 is 9.15 Å². The maximum Gasteiger partial charge on any atom is 0.277 e. The highest BCUT2D eigenvalue weighted by molar-refractivity contribution is 6.30. The molecule has 0 bridgehead atoms. The number of hydrogen-bond donors (Lipinski definition) is 1. The van der Waals surface area contributed by atoms with Crippen LogP contribution in [0.3, 0.4) is 0 Å². The molecular formula is C19H14Cl2N2O3. The van der Waals surface area contributed by atoms with Gasteiger partial charge in [-0.2, -0.15) is 5.10 Å². The first-order valence-electron chi connectivity index (χ1n) is 7.66. The minimum atomic E-state index is -0.397. The van der Waals surface area contributed by atoms with E-state index in [9.17, 15) is 4.79 Å². The van der Waals surface area contributed by atoms with Gasteiger partial charge in [-0.05, 0) is 54.6 Å². The SMILES string of the molecule is O=C(COc1cccc(Cl)c1)NN=Cc1ccc(-c2ccc(Cl)cc2)o1. The molecule has 3 aromatic rings. The monoisotopic (exact) mass is 388 g/mol. The molecule has 0 atom stereocenters. The number of amides is 1. The zero-order valence-corrected chi connectivity index (χ0v) is 15.0. The lowest BCUT2D eigenvalue weighted by Gasteiger charge is -2.04. The lowest BCUT2D eigenvalue weighted by atomic mass is 10.2. The first-order chi connectivity index (χ1) is 12.6. The second-order valence-corrected chi connectivity index (χ2v) is 6.12. The molecule has 0 saturated carbocycles. The van der Waals surface area contributed by atoms with E-state index in [4.69, 9.17) is 32.4 Å². The highest BCUT2D eigenvalue weighted by atomic mass is 35.5. The molecule has 0 spiro atoms. The number of hydrogen-bond acceptors (Lipinski definition) is 4. The minimum Gasteiger partial charge on any atom is -0.484 e. The predicted octanol–water partition coefficient (Wildman–Crippen LogP) is 4.78. The Labute approximate surface area is 160 Å². The van der Waals surface area contributed by atoms with Crippen molar-refractivity contribution in [1.29, 1.82) is 0 Å². The summed E-state index contributed by atoms with van der Waals surface area (Å²) in [5.74, 6) is 1.30. The smallest absolute Gasteiger partial charge is 0.277 e. The molecule has 0 fully saturated rings. The van der Waals surface area contributed by atoms with Crippen LogP contribution >= 0.6 is 23.2 Å². The number of carbonyl (C=O) groups excluding carboxylic acids is 1. The average Bonchev–Trinajstić information content (AvgIpc) is 3.09. The fraction of sp³-hybridized carbons (Fsp3) is 0.0526. The van der Waals surface area contributed by atoms with Crippen molar-refractivity contribution >= 4 is 35.3 Å². The molecule has 0 aliphatic carbocycles. The summed E-state index contributed by atoms with van der Waals surface area (Å²) in [5, 5.41) is 5.04. The Morgan fingerprint density at radius 2 is 1.88 bits per heavy atom. The summed E-state index contributed by atoms with van der Waals surface area (Å²) >= 11 is 11.7. The van der Waals surface area contributed by atoms with E-state index in [1.165, 1.54) is 6.21 Å². The molecule has 1 heterocycles. The molecule has 0 radical (unpaired) electrons. The zero-order valence-electron chi connectivity index (χ0n) is 13.5. The lowest BCUT2D eigenvalue weighted by molar-refractivity contribution is -0.123. The van der Waals surface area contributed by atoms with Gasteiger partial charge in [-0.25, -0.2) is 5.43 Å². The number of furan rings is 1. The Bertz CT molecular complexity index is 921. The Kier molecular flexibility index (Phi) is 5.94. The van der Waals surface area contributed by atoms with Crippen molar-refractivity contribution in [2.24, 2.45) is 5.10 Å². The summed E-state index contributed by atoms with van der Waals surface area (Å²) in [6.45, 7) is -0.175. The number of rotatable bonds is 6. The number of carbonyl (C=O) groups is 1. The number of halogens is 2. The minimum absolute atomic E-state index is 0.175. The van der Waals surface area contributed by atoms with Gasteiger partial charge in [0.2, 0.25) is 0 Å². The molecule has 7 heteroatoms. The van der Waals surface area contributed by atoms with Gasteiger partial charge in [0, 0.05) is 15.6 Å². The largest absolute Gasteiger partial charge is 0.484 e. The Morgan fingerprint density at radius 1 is 1.08 bits per heavy atom. The Balaban J connectivity index is 1.50. The molecule has 0 aliphatic rings. The number of nitrogens with one attached hydrogen (secondary N) is 1. The van der Waals surface area contributed by atoms with Crippen LogP contribution in [0.25, 0.3) is 11.3 Å². The summed E-state index contributed by atoms with van der Waals surface area (Å²) in [5.41, 5.74) is 3.26. The summed E-state index contributed by atoms with van der Waals surface area (Å²) in [6, 6.07) is 17.7.